The van der Waals surface area contributed by atoms with E-state index in [0.717, 1.165) is 5.56 Å². The van der Waals surface area contributed by atoms with Gasteiger partial charge >= 0.3 is 0 Å². The molecule has 0 aliphatic heterocycles. The fraction of sp³-hybridized carbons (Fsp3) is 0.125. The molecule has 1 aromatic heterocycles. The highest BCUT2D eigenvalue weighted by molar-refractivity contribution is 6.38. The van der Waals surface area contributed by atoms with Crippen LogP contribution in [-0.2, 0) is 6.42 Å². The summed E-state index contributed by atoms with van der Waals surface area (Å²) in [5.41, 5.74) is 2.35. The summed E-state index contributed by atoms with van der Waals surface area (Å²) in [5.74, 6) is -0.633. The second-order valence-electron chi connectivity index (χ2n) is 7.56. The maximum atomic E-state index is 15.3. The molecule has 0 amide bonds. The maximum absolute atomic E-state index is 15.3. The number of nitriles is 1. The Morgan fingerprint density at radius 2 is 1.91 bits per heavy atom. The van der Waals surface area contributed by atoms with Crippen LogP contribution in [0.5, 0.6) is 17.2 Å². The molecule has 0 atom stereocenters. The van der Waals surface area contributed by atoms with E-state index in [2.05, 4.69) is 10.2 Å². The fourth-order valence-electron chi connectivity index (χ4n) is 3.49. The predicted octanol–water partition coefficient (Wildman–Crippen LogP) is 5.55. The first-order valence-electron chi connectivity index (χ1n) is 9.94. The van der Waals surface area contributed by atoms with Crippen molar-refractivity contribution < 1.29 is 18.7 Å². The number of rotatable bonds is 5. The molecule has 0 spiro atoms. The lowest BCUT2D eigenvalue weighted by atomic mass is 9.85. The first-order valence-corrected chi connectivity index (χ1v) is 10.7. The smallest absolute Gasteiger partial charge is 0.247 e. The summed E-state index contributed by atoms with van der Waals surface area (Å²) < 4.78 is 26.6. The van der Waals surface area contributed by atoms with Gasteiger partial charge in [-0.15, -0.1) is 10.2 Å². The molecular weight excluding hydrogens is 479 g/mol. The Morgan fingerprint density at radius 3 is 2.65 bits per heavy atom. The molecule has 4 aromatic rings. The number of phenolic OH excluding ortho intramolecular Hbond substituents is 1. The Hall–Kier alpha value is -3.54. The predicted molar refractivity (Wildman–Crippen MR) is 127 cm³/mol. The van der Waals surface area contributed by atoms with Gasteiger partial charge in [-0.2, -0.15) is 5.26 Å². The number of benzene rings is 3. The van der Waals surface area contributed by atoms with E-state index in [0.29, 0.717) is 11.1 Å². The van der Waals surface area contributed by atoms with Gasteiger partial charge < -0.3 is 14.3 Å². The van der Waals surface area contributed by atoms with Gasteiger partial charge in [0.05, 0.1) is 23.1 Å². The van der Waals surface area contributed by atoms with Crippen molar-refractivity contribution in [1.29, 1.82) is 5.26 Å². The highest BCUT2D eigenvalue weighted by Gasteiger charge is 2.20. The van der Waals surface area contributed by atoms with Crippen molar-refractivity contribution in [2.45, 2.75) is 20.3 Å². The zero-order valence-electron chi connectivity index (χ0n) is 18.0. The molecule has 3 aromatic carbocycles. The van der Waals surface area contributed by atoms with Crippen molar-refractivity contribution >= 4 is 36.5 Å². The largest absolute Gasteiger partial charge is 0.508 e. The SMILES string of the molecule is [B]c1c(O)c(C)cc(C)c1-c1nnc(Cc2ccc(Cl)c(Oc3cc(Cl)cc(C#N)c3)c2F)o1. The number of phenols is 1. The molecule has 34 heavy (non-hydrogen) atoms. The average molecular weight is 494 g/mol. The van der Waals surface area contributed by atoms with Gasteiger partial charge in [-0.25, -0.2) is 4.39 Å². The van der Waals surface area contributed by atoms with E-state index >= 15 is 4.39 Å². The second-order valence-corrected chi connectivity index (χ2v) is 8.41. The molecule has 0 bridgehead atoms. The van der Waals surface area contributed by atoms with Crippen molar-refractivity contribution in [3.63, 3.8) is 0 Å². The standard InChI is InChI=1S/C24H15BCl2FN3O3/c1-11-5-12(2)22(32)20(25)19(11)24-31-30-18(34-24)8-14-3-4-17(27)23(21(14)28)33-16-7-13(10-29)6-15(26)9-16/h3-7,9,32H,8H2,1-2H3. The van der Waals surface area contributed by atoms with E-state index in [1.165, 1.54) is 30.3 Å². The van der Waals surface area contributed by atoms with Gasteiger partial charge in [0.1, 0.15) is 19.3 Å². The van der Waals surface area contributed by atoms with E-state index in [1.54, 1.807) is 19.9 Å². The van der Waals surface area contributed by atoms with E-state index in [-0.39, 0.29) is 62.1 Å². The molecule has 10 heteroatoms. The number of hydrogen-bond donors (Lipinski definition) is 1. The van der Waals surface area contributed by atoms with Crippen LogP contribution in [0, 0.1) is 31.0 Å². The van der Waals surface area contributed by atoms with Crippen LogP contribution in [0.15, 0.2) is 40.8 Å². The second kappa shape index (κ2) is 9.37. The van der Waals surface area contributed by atoms with Gasteiger partial charge in [-0.05, 0) is 54.7 Å². The Morgan fingerprint density at radius 1 is 1.15 bits per heavy atom. The summed E-state index contributed by atoms with van der Waals surface area (Å²) in [7, 11) is 6.04. The summed E-state index contributed by atoms with van der Waals surface area (Å²) in [6.07, 6.45) is -0.0534. The van der Waals surface area contributed by atoms with Gasteiger partial charge in [0.15, 0.2) is 11.6 Å². The number of aromatic nitrogens is 2. The Bertz CT molecular complexity index is 1470. The molecule has 2 radical (unpaired) electrons. The summed E-state index contributed by atoms with van der Waals surface area (Å²) in [6, 6.07) is 11.0. The van der Waals surface area contributed by atoms with Crippen molar-refractivity contribution in [3.05, 3.63) is 80.4 Å². The molecule has 0 saturated heterocycles. The molecule has 168 valence electrons. The minimum atomic E-state index is -0.727. The molecule has 4 rings (SSSR count). The highest BCUT2D eigenvalue weighted by atomic mass is 35.5. The van der Waals surface area contributed by atoms with Gasteiger partial charge in [0, 0.05) is 16.1 Å². The third kappa shape index (κ3) is 4.58. The molecule has 1 N–H and O–H groups in total. The molecule has 0 fully saturated rings. The van der Waals surface area contributed by atoms with Crippen molar-refractivity contribution in [2.75, 3.05) is 0 Å². The maximum Gasteiger partial charge on any atom is 0.247 e. The molecule has 0 aliphatic rings. The number of nitrogens with zero attached hydrogens (tertiary/aromatic N) is 3. The summed E-state index contributed by atoms with van der Waals surface area (Å²) in [6.45, 7) is 3.53. The van der Waals surface area contributed by atoms with Crippen LogP contribution in [0.1, 0.15) is 28.1 Å². The van der Waals surface area contributed by atoms with Crippen LogP contribution in [0.25, 0.3) is 11.5 Å². The van der Waals surface area contributed by atoms with E-state index < -0.39 is 5.82 Å². The Labute approximate surface area is 205 Å². The number of aryl methyl sites for hydroxylation is 2. The third-order valence-electron chi connectivity index (χ3n) is 5.10. The topological polar surface area (TPSA) is 92.2 Å². The van der Waals surface area contributed by atoms with E-state index in [4.69, 9.17) is 45.5 Å². The number of hydrogen-bond acceptors (Lipinski definition) is 6. The average Bonchev–Trinajstić information content (AvgIpc) is 3.24. The monoisotopic (exact) mass is 493 g/mol. The first kappa shape index (κ1) is 23.6. The summed E-state index contributed by atoms with van der Waals surface area (Å²) in [5, 5.41) is 27.6. The highest BCUT2D eigenvalue weighted by Crippen LogP contribution is 2.36. The van der Waals surface area contributed by atoms with E-state index in [9.17, 15) is 5.11 Å². The first-order chi connectivity index (χ1) is 16.2. The minimum absolute atomic E-state index is 0.0319. The minimum Gasteiger partial charge on any atom is -0.508 e. The van der Waals surface area contributed by atoms with Crippen molar-refractivity contribution in [1.82, 2.24) is 10.2 Å². The molecule has 0 aliphatic carbocycles. The lowest BCUT2D eigenvalue weighted by Crippen LogP contribution is -2.11. The molecule has 1 heterocycles. The van der Waals surface area contributed by atoms with Crippen LogP contribution in [0.4, 0.5) is 4.39 Å². The normalized spacial score (nSPS) is 10.8. The van der Waals surface area contributed by atoms with Crippen LogP contribution in [-0.4, -0.2) is 23.2 Å². The fourth-order valence-corrected chi connectivity index (χ4v) is 3.90. The van der Waals surface area contributed by atoms with E-state index in [1.807, 2.05) is 6.07 Å². The third-order valence-corrected chi connectivity index (χ3v) is 5.61. The van der Waals surface area contributed by atoms with Crippen LogP contribution in [0.2, 0.25) is 10.0 Å². The Kier molecular flexibility index (Phi) is 6.51. The van der Waals surface area contributed by atoms with Gasteiger partial charge in [0.25, 0.3) is 0 Å². The van der Waals surface area contributed by atoms with Crippen LogP contribution >= 0.6 is 23.2 Å². The molecule has 6 nitrogen and oxygen atoms in total. The lowest BCUT2D eigenvalue weighted by molar-refractivity contribution is 0.437. The summed E-state index contributed by atoms with van der Waals surface area (Å²) >= 11 is 12.2. The molecule has 0 unspecified atom stereocenters. The van der Waals surface area contributed by atoms with Gasteiger partial charge in [-0.3, -0.25) is 0 Å². The van der Waals surface area contributed by atoms with Gasteiger partial charge in [-0.1, -0.05) is 35.3 Å². The zero-order valence-corrected chi connectivity index (χ0v) is 19.5. The Balaban J connectivity index is 1.65. The molecule has 0 saturated carbocycles. The quantitative estimate of drug-likeness (QED) is 0.366. The number of ether oxygens (including phenoxy) is 1. The summed E-state index contributed by atoms with van der Waals surface area (Å²) in [4.78, 5) is 0. The van der Waals surface area contributed by atoms with Crippen LogP contribution < -0.4 is 10.2 Å². The number of aromatic hydroxyl groups is 1. The van der Waals surface area contributed by atoms with Crippen LogP contribution in [0.3, 0.4) is 0 Å². The zero-order chi connectivity index (χ0) is 24.6. The van der Waals surface area contributed by atoms with Crippen molar-refractivity contribution in [2.24, 2.45) is 0 Å². The van der Waals surface area contributed by atoms with Gasteiger partial charge in [0.2, 0.25) is 11.8 Å². The number of halogens is 3. The lowest BCUT2D eigenvalue weighted by Gasteiger charge is -2.12. The molecular formula is C24H15BCl2FN3O3. The van der Waals surface area contributed by atoms with Crippen molar-refractivity contribution in [3.8, 4) is 34.8 Å².